The van der Waals surface area contributed by atoms with Crippen molar-refractivity contribution in [1.82, 2.24) is 10.3 Å². The van der Waals surface area contributed by atoms with Crippen LogP contribution in [0.15, 0.2) is 35.1 Å². The molecule has 0 saturated heterocycles. The normalized spacial score (nSPS) is 16.1. The van der Waals surface area contributed by atoms with Crippen molar-refractivity contribution >= 4 is 17.4 Å². The third kappa shape index (κ3) is 6.31. The minimum atomic E-state index is -0.681. The maximum atomic E-state index is 13.0. The van der Waals surface area contributed by atoms with E-state index in [4.69, 9.17) is 11.5 Å². The van der Waals surface area contributed by atoms with Gasteiger partial charge < -0.3 is 16.8 Å². The van der Waals surface area contributed by atoms with Crippen molar-refractivity contribution < 1.29 is 13.6 Å². The molecule has 0 radical (unpaired) electrons. The Morgan fingerprint density at radius 2 is 2.00 bits per heavy atom. The average molecular weight is 339 g/mol. The van der Waals surface area contributed by atoms with E-state index >= 15 is 0 Å². The minimum absolute atomic E-state index is 0.0543. The molecule has 1 aliphatic carbocycles. The lowest BCUT2D eigenvalue weighted by atomic mass is 9.95. The third-order valence-electron chi connectivity index (χ3n) is 3.57. The van der Waals surface area contributed by atoms with Crippen molar-refractivity contribution in [3.8, 4) is 0 Å². The number of pyridine rings is 1. The standard InChI is InChI=1S/C15H20FN5O.CH3F/c16-13-8-11(6-7-19-13)21-14(17)12(15(18)22)9-20-10-4-2-1-3-5-10;1-2/h6-10,20H,1-5H2,(H2,18,22)(H2,17,19,21);1H3/b12-9+;. The summed E-state index contributed by atoms with van der Waals surface area (Å²) in [5, 5.41) is 3.17. The number of aromatic nitrogens is 1. The Labute approximate surface area is 140 Å². The van der Waals surface area contributed by atoms with Crippen LogP contribution in [-0.4, -0.2) is 29.9 Å². The summed E-state index contributed by atoms with van der Waals surface area (Å²) in [7, 11) is 0.500. The largest absolute Gasteiger partial charge is 0.387 e. The molecule has 0 bridgehead atoms. The number of hydrogen-bond acceptors (Lipinski definition) is 4. The number of carbonyl (C=O) groups excluding carboxylic acids is 1. The van der Waals surface area contributed by atoms with Crippen LogP contribution in [0.5, 0.6) is 0 Å². The number of alkyl halides is 1. The number of primary amides is 1. The highest BCUT2D eigenvalue weighted by atomic mass is 19.1. The molecular formula is C16H23F2N5O. The zero-order valence-electron chi connectivity index (χ0n) is 13.6. The van der Waals surface area contributed by atoms with Crippen LogP contribution >= 0.6 is 0 Å². The molecular weight excluding hydrogens is 316 g/mol. The quantitative estimate of drug-likeness (QED) is 0.330. The van der Waals surface area contributed by atoms with E-state index in [0.29, 0.717) is 13.2 Å². The van der Waals surface area contributed by atoms with Crippen LogP contribution in [0, 0.1) is 5.95 Å². The molecule has 0 unspecified atom stereocenters. The van der Waals surface area contributed by atoms with Gasteiger partial charge in [0.05, 0.1) is 18.4 Å². The molecule has 1 aromatic rings. The maximum Gasteiger partial charge on any atom is 0.253 e. The maximum absolute atomic E-state index is 13.0. The SMILES string of the molecule is CF.NC(=O)/C(=C/NC1CCCCC1)C(N)=Nc1ccnc(F)c1. The van der Waals surface area contributed by atoms with E-state index < -0.39 is 11.9 Å². The molecule has 1 aromatic heterocycles. The molecule has 24 heavy (non-hydrogen) atoms. The van der Waals surface area contributed by atoms with Gasteiger partial charge in [-0.15, -0.1) is 0 Å². The molecule has 1 amide bonds. The smallest absolute Gasteiger partial charge is 0.253 e. The van der Waals surface area contributed by atoms with Gasteiger partial charge >= 0.3 is 0 Å². The predicted molar refractivity (Wildman–Crippen MR) is 89.8 cm³/mol. The summed E-state index contributed by atoms with van der Waals surface area (Å²) in [5.41, 5.74) is 11.5. The summed E-state index contributed by atoms with van der Waals surface area (Å²) >= 11 is 0. The van der Waals surface area contributed by atoms with Crippen LogP contribution in [0.25, 0.3) is 0 Å². The number of nitrogens with zero attached hydrogens (tertiary/aromatic N) is 2. The Bertz CT molecular complexity index is 598. The molecule has 1 aliphatic rings. The monoisotopic (exact) mass is 339 g/mol. The second kappa shape index (κ2) is 10.3. The number of nitrogens with one attached hydrogen (secondary N) is 1. The van der Waals surface area contributed by atoms with E-state index in [1.165, 1.54) is 24.9 Å². The Kier molecular flexibility index (Phi) is 8.38. The number of amidine groups is 1. The summed E-state index contributed by atoms with van der Waals surface area (Å²) in [6.45, 7) is 0. The lowest BCUT2D eigenvalue weighted by Gasteiger charge is -2.22. The van der Waals surface area contributed by atoms with Crippen LogP contribution in [0.3, 0.4) is 0 Å². The van der Waals surface area contributed by atoms with E-state index in [-0.39, 0.29) is 17.1 Å². The molecule has 1 saturated carbocycles. The number of aliphatic imine (C=N–C) groups is 1. The molecule has 8 heteroatoms. The molecule has 132 valence electrons. The van der Waals surface area contributed by atoms with Crippen molar-refractivity contribution in [2.45, 2.75) is 38.1 Å². The van der Waals surface area contributed by atoms with Gasteiger partial charge in [0.1, 0.15) is 5.84 Å². The van der Waals surface area contributed by atoms with Crippen molar-refractivity contribution in [3.63, 3.8) is 0 Å². The van der Waals surface area contributed by atoms with Crippen LogP contribution in [0.4, 0.5) is 14.5 Å². The van der Waals surface area contributed by atoms with Gasteiger partial charge in [-0.25, -0.2) is 9.98 Å². The van der Waals surface area contributed by atoms with Gasteiger partial charge in [-0.3, -0.25) is 9.18 Å². The fourth-order valence-electron chi connectivity index (χ4n) is 2.40. The third-order valence-corrected chi connectivity index (χ3v) is 3.57. The van der Waals surface area contributed by atoms with Gasteiger partial charge in [-0.05, 0) is 18.9 Å². The van der Waals surface area contributed by atoms with Gasteiger partial charge in [0, 0.05) is 24.5 Å². The number of rotatable bonds is 5. The van der Waals surface area contributed by atoms with Gasteiger partial charge in [0.2, 0.25) is 5.95 Å². The molecule has 1 heterocycles. The fourth-order valence-corrected chi connectivity index (χ4v) is 2.40. The number of amides is 1. The van der Waals surface area contributed by atoms with Gasteiger partial charge in [0.25, 0.3) is 5.91 Å². The van der Waals surface area contributed by atoms with Crippen LogP contribution in [0.2, 0.25) is 0 Å². The highest BCUT2D eigenvalue weighted by Crippen LogP contribution is 2.17. The van der Waals surface area contributed by atoms with Gasteiger partial charge in [-0.2, -0.15) is 4.39 Å². The first kappa shape index (κ1) is 19.5. The average Bonchev–Trinajstić information content (AvgIpc) is 2.57. The highest BCUT2D eigenvalue weighted by Gasteiger charge is 2.14. The molecule has 0 spiro atoms. The lowest BCUT2D eigenvalue weighted by Crippen LogP contribution is -2.32. The van der Waals surface area contributed by atoms with Crippen LogP contribution in [-0.2, 0) is 4.79 Å². The molecule has 1 fully saturated rings. The molecule has 0 aliphatic heterocycles. The number of nitrogens with two attached hydrogens (primary N) is 2. The number of carbonyl (C=O) groups is 1. The number of halogens is 2. The molecule has 0 atom stereocenters. The van der Waals surface area contributed by atoms with E-state index in [1.54, 1.807) is 0 Å². The summed E-state index contributed by atoms with van der Waals surface area (Å²) < 4.78 is 22.5. The summed E-state index contributed by atoms with van der Waals surface area (Å²) in [6.07, 6.45) is 8.45. The second-order valence-corrected chi connectivity index (χ2v) is 5.26. The van der Waals surface area contributed by atoms with E-state index in [2.05, 4.69) is 15.3 Å². The van der Waals surface area contributed by atoms with Gasteiger partial charge in [0.15, 0.2) is 0 Å². The second-order valence-electron chi connectivity index (χ2n) is 5.26. The highest BCUT2D eigenvalue weighted by molar-refractivity contribution is 6.20. The Morgan fingerprint density at radius 3 is 2.58 bits per heavy atom. The lowest BCUT2D eigenvalue weighted by molar-refractivity contribution is -0.114. The predicted octanol–water partition coefficient (Wildman–Crippen LogP) is 2.09. The zero-order chi connectivity index (χ0) is 17.9. The van der Waals surface area contributed by atoms with Crippen molar-refractivity contribution in [3.05, 3.63) is 36.1 Å². The van der Waals surface area contributed by atoms with Gasteiger partial charge in [-0.1, -0.05) is 19.3 Å². The first-order chi connectivity index (χ1) is 11.6. The summed E-state index contributed by atoms with van der Waals surface area (Å²) in [5.74, 6) is -1.40. The zero-order valence-corrected chi connectivity index (χ0v) is 13.6. The van der Waals surface area contributed by atoms with Crippen molar-refractivity contribution in [2.24, 2.45) is 16.5 Å². The molecule has 5 N–H and O–H groups in total. The van der Waals surface area contributed by atoms with Crippen LogP contribution in [0.1, 0.15) is 32.1 Å². The topological polar surface area (TPSA) is 106 Å². The number of hydrogen-bond donors (Lipinski definition) is 3. The molecule has 2 rings (SSSR count). The van der Waals surface area contributed by atoms with E-state index in [9.17, 15) is 13.6 Å². The Balaban J connectivity index is 0.00000139. The Hall–Kier alpha value is -2.51. The minimum Gasteiger partial charge on any atom is -0.387 e. The van der Waals surface area contributed by atoms with E-state index in [1.807, 2.05) is 0 Å². The van der Waals surface area contributed by atoms with E-state index in [0.717, 1.165) is 31.7 Å². The summed E-state index contributed by atoms with van der Waals surface area (Å²) in [4.78, 5) is 19.0. The van der Waals surface area contributed by atoms with Crippen molar-refractivity contribution in [2.75, 3.05) is 7.18 Å². The van der Waals surface area contributed by atoms with Crippen molar-refractivity contribution in [1.29, 1.82) is 0 Å². The van der Waals surface area contributed by atoms with Crippen LogP contribution < -0.4 is 16.8 Å². The Morgan fingerprint density at radius 1 is 1.33 bits per heavy atom. The fraction of sp³-hybridized carbons (Fsp3) is 0.438. The summed E-state index contributed by atoms with van der Waals surface area (Å²) in [6, 6.07) is 2.93. The molecule has 6 nitrogen and oxygen atoms in total. The first-order valence-electron chi connectivity index (χ1n) is 7.66. The first-order valence-corrected chi connectivity index (χ1v) is 7.66. The molecule has 0 aromatic carbocycles.